The molecule has 0 fully saturated rings. The van der Waals surface area contributed by atoms with Crippen molar-refractivity contribution in [3.8, 4) is 17.0 Å². The van der Waals surface area contributed by atoms with Gasteiger partial charge in [-0.3, -0.25) is 15.1 Å². The molecule has 0 aliphatic carbocycles. The number of benzene rings is 2. The van der Waals surface area contributed by atoms with E-state index >= 15 is 0 Å². The number of rotatable bonds is 4. The van der Waals surface area contributed by atoms with Gasteiger partial charge in [-0.05, 0) is 56.3 Å². The summed E-state index contributed by atoms with van der Waals surface area (Å²) in [6.45, 7) is 3.72. The molecular weight excluding hydrogens is 389 g/mol. The number of methoxy groups -OCH3 is 1. The van der Waals surface area contributed by atoms with Crippen LogP contribution in [-0.2, 0) is 0 Å². The summed E-state index contributed by atoms with van der Waals surface area (Å²) >= 11 is 1.38. The highest BCUT2D eigenvalue weighted by molar-refractivity contribution is 7.16. The molecular formula is C22H18FN3O2S. The van der Waals surface area contributed by atoms with Crippen molar-refractivity contribution in [1.29, 1.82) is 0 Å². The fraction of sp³-hybridized carbons (Fsp3) is 0.136. The number of carbonyl (C=O) groups excluding carboxylic acids is 1. The second-order valence-electron chi connectivity index (χ2n) is 6.56. The van der Waals surface area contributed by atoms with Crippen molar-refractivity contribution < 1.29 is 13.9 Å². The van der Waals surface area contributed by atoms with Gasteiger partial charge in [-0.1, -0.05) is 0 Å². The molecule has 0 aliphatic heterocycles. The van der Waals surface area contributed by atoms with Gasteiger partial charge >= 0.3 is 0 Å². The van der Waals surface area contributed by atoms with Gasteiger partial charge in [-0.15, -0.1) is 11.3 Å². The lowest BCUT2D eigenvalue weighted by Gasteiger charge is -2.08. The van der Waals surface area contributed by atoms with E-state index in [1.807, 2.05) is 31.2 Å². The second kappa shape index (κ2) is 7.60. The molecule has 4 aromatic rings. The Morgan fingerprint density at radius 3 is 2.55 bits per heavy atom. The molecule has 0 aliphatic rings. The van der Waals surface area contributed by atoms with Crippen LogP contribution in [0.1, 0.15) is 20.9 Å². The van der Waals surface area contributed by atoms with E-state index in [0.717, 1.165) is 27.0 Å². The third-order valence-corrected chi connectivity index (χ3v) is 5.48. The van der Waals surface area contributed by atoms with Gasteiger partial charge in [0.25, 0.3) is 5.91 Å². The number of amides is 1. The first-order valence-corrected chi connectivity index (χ1v) is 9.76. The van der Waals surface area contributed by atoms with Gasteiger partial charge in [0.2, 0.25) is 0 Å². The Labute approximate surface area is 171 Å². The van der Waals surface area contributed by atoms with Gasteiger partial charge < -0.3 is 4.74 Å². The minimum Gasteiger partial charge on any atom is -0.497 e. The molecule has 1 amide bonds. The smallest absolute Gasteiger partial charge is 0.259 e. The van der Waals surface area contributed by atoms with Crippen LogP contribution in [0.3, 0.4) is 0 Å². The first kappa shape index (κ1) is 19.0. The van der Waals surface area contributed by atoms with E-state index in [1.165, 1.54) is 23.5 Å². The Bertz CT molecular complexity index is 1220. The molecule has 29 heavy (non-hydrogen) atoms. The molecule has 2 heterocycles. The van der Waals surface area contributed by atoms with Gasteiger partial charge in [-0.2, -0.15) is 0 Å². The van der Waals surface area contributed by atoms with Gasteiger partial charge in [0.1, 0.15) is 11.6 Å². The van der Waals surface area contributed by atoms with Crippen LogP contribution in [0.25, 0.3) is 22.2 Å². The molecule has 0 atom stereocenters. The lowest BCUT2D eigenvalue weighted by molar-refractivity contribution is 0.102. The fourth-order valence-electron chi connectivity index (χ4n) is 3.09. The van der Waals surface area contributed by atoms with Gasteiger partial charge in [-0.25, -0.2) is 9.37 Å². The van der Waals surface area contributed by atoms with Crippen LogP contribution in [-0.4, -0.2) is 23.0 Å². The first-order chi connectivity index (χ1) is 13.9. The molecule has 0 spiro atoms. The van der Waals surface area contributed by atoms with Crippen molar-refractivity contribution >= 4 is 33.3 Å². The Kier molecular flexibility index (Phi) is 4.98. The van der Waals surface area contributed by atoms with Crippen molar-refractivity contribution in [1.82, 2.24) is 9.97 Å². The number of aromatic nitrogens is 2. The number of fused-ring (bicyclic) bond motifs is 1. The maximum Gasteiger partial charge on any atom is 0.259 e. The SMILES string of the molecule is COc1ccc2cc(C(=O)Nc3nc(-c4ccc(F)cc4)c(C)s3)c(C)nc2c1. The number of ether oxygens (including phenoxy) is 1. The van der Waals surface area contributed by atoms with Crippen molar-refractivity contribution in [3.05, 3.63) is 70.5 Å². The monoisotopic (exact) mass is 407 g/mol. The Morgan fingerprint density at radius 2 is 1.83 bits per heavy atom. The lowest BCUT2D eigenvalue weighted by Crippen LogP contribution is -2.14. The Balaban J connectivity index is 1.62. The minimum absolute atomic E-state index is 0.271. The van der Waals surface area contributed by atoms with E-state index < -0.39 is 0 Å². The predicted octanol–water partition coefficient (Wildman–Crippen LogP) is 5.38. The minimum atomic E-state index is -0.299. The van der Waals surface area contributed by atoms with E-state index in [1.54, 1.807) is 26.2 Å². The van der Waals surface area contributed by atoms with E-state index in [0.29, 0.717) is 22.1 Å². The number of hydrogen-bond acceptors (Lipinski definition) is 5. The molecule has 0 radical (unpaired) electrons. The number of nitrogens with one attached hydrogen (secondary N) is 1. The summed E-state index contributed by atoms with van der Waals surface area (Å²) in [7, 11) is 1.60. The normalized spacial score (nSPS) is 10.9. The number of anilines is 1. The molecule has 4 rings (SSSR count). The number of pyridine rings is 1. The zero-order valence-corrected chi connectivity index (χ0v) is 16.9. The largest absolute Gasteiger partial charge is 0.497 e. The number of nitrogens with zero attached hydrogens (tertiary/aromatic N) is 2. The molecule has 1 N–H and O–H groups in total. The summed E-state index contributed by atoms with van der Waals surface area (Å²) in [6.07, 6.45) is 0. The second-order valence-corrected chi connectivity index (χ2v) is 7.77. The van der Waals surface area contributed by atoms with Gasteiger partial charge in [0, 0.05) is 21.9 Å². The van der Waals surface area contributed by atoms with Gasteiger partial charge in [0.05, 0.1) is 29.6 Å². The standard InChI is InChI=1S/C22H18FN3O2S/c1-12-18(10-15-6-9-17(28-3)11-19(15)24-12)21(27)26-22-25-20(13(2)29-22)14-4-7-16(23)8-5-14/h4-11H,1-3H3,(H,25,26,27). The van der Waals surface area contributed by atoms with E-state index in [9.17, 15) is 9.18 Å². The van der Waals surface area contributed by atoms with Crippen molar-refractivity contribution in [2.24, 2.45) is 0 Å². The lowest BCUT2D eigenvalue weighted by atomic mass is 10.1. The van der Waals surface area contributed by atoms with E-state index in [4.69, 9.17) is 4.74 Å². The molecule has 146 valence electrons. The summed E-state index contributed by atoms with van der Waals surface area (Å²) in [5.74, 6) is 0.146. The van der Waals surface area contributed by atoms with E-state index in [-0.39, 0.29) is 11.7 Å². The van der Waals surface area contributed by atoms with Crippen LogP contribution in [0, 0.1) is 19.7 Å². The molecule has 0 saturated carbocycles. The molecule has 0 saturated heterocycles. The number of halogens is 1. The zero-order valence-electron chi connectivity index (χ0n) is 16.1. The average molecular weight is 407 g/mol. The Morgan fingerprint density at radius 1 is 1.07 bits per heavy atom. The Hall–Kier alpha value is -3.32. The summed E-state index contributed by atoms with van der Waals surface area (Å²) in [5.41, 5.74) is 3.40. The maximum atomic E-state index is 13.2. The maximum absolute atomic E-state index is 13.2. The average Bonchev–Trinajstić information content (AvgIpc) is 3.07. The molecule has 2 aromatic carbocycles. The molecule has 2 aromatic heterocycles. The van der Waals surface area contributed by atoms with Crippen LogP contribution >= 0.6 is 11.3 Å². The number of aryl methyl sites for hydroxylation is 2. The number of hydrogen-bond donors (Lipinski definition) is 1. The molecule has 5 nitrogen and oxygen atoms in total. The third-order valence-electron chi connectivity index (χ3n) is 4.59. The highest BCUT2D eigenvalue weighted by Crippen LogP contribution is 2.31. The van der Waals surface area contributed by atoms with Crippen LogP contribution in [0.2, 0.25) is 0 Å². The van der Waals surface area contributed by atoms with Crippen LogP contribution < -0.4 is 10.1 Å². The van der Waals surface area contributed by atoms with Crippen molar-refractivity contribution in [2.45, 2.75) is 13.8 Å². The summed E-state index contributed by atoms with van der Waals surface area (Å²) in [6, 6.07) is 13.5. The summed E-state index contributed by atoms with van der Waals surface area (Å²) in [4.78, 5) is 22.8. The fourth-order valence-corrected chi connectivity index (χ4v) is 3.92. The number of thiazole rings is 1. The highest BCUT2D eigenvalue weighted by Gasteiger charge is 2.16. The van der Waals surface area contributed by atoms with Gasteiger partial charge in [0.15, 0.2) is 5.13 Å². The summed E-state index contributed by atoms with van der Waals surface area (Å²) < 4.78 is 18.4. The highest BCUT2D eigenvalue weighted by atomic mass is 32.1. The van der Waals surface area contributed by atoms with Crippen molar-refractivity contribution in [3.63, 3.8) is 0 Å². The van der Waals surface area contributed by atoms with Crippen LogP contribution in [0.4, 0.5) is 9.52 Å². The van der Waals surface area contributed by atoms with Crippen LogP contribution in [0.15, 0.2) is 48.5 Å². The first-order valence-electron chi connectivity index (χ1n) is 8.94. The molecule has 0 unspecified atom stereocenters. The molecule has 0 bridgehead atoms. The molecule has 7 heteroatoms. The topological polar surface area (TPSA) is 64.1 Å². The van der Waals surface area contributed by atoms with E-state index in [2.05, 4.69) is 15.3 Å². The van der Waals surface area contributed by atoms with Crippen molar-refractivity contribution in [2.75, 3.05) is 12.4 Å². The summed E-state index contributed by atoms with van der Waals surface area (Å²) in [5, 5.41) is 4.20. The quantitative estimate of drug-likeness (QED) is 0.494. The van der Waals surface area contributed by atoms with Crippen LogP contribution in [0.5, 0.6) is 5.75 Å². The number of carbonyl (C=O) groups is 1. The predicted molar refractivity (Wildman–Crippen MR) is 113 cm³/mol. The zero-order chi connectivity index (χ0) is 20.5. The third kappa shape index (κ3) is 3.82.